The Morgan fingerprint density at radius 3 is 2.50 bits per heavy atom. The maximum Gasteiger partial charge on any atom is 0.238 e. The quantitative estimate of drug-likeness (QED) is 0.779. The normalized spacial score (nSPS) is 10.2. The minimum Gasteiger partial charge on any atom is -0.371 e. The van der Waals surface area contributed by atoms with Gasteiger partial charge in [-0.2, -0.15) is 0 Å². The van der Waals surface area contributed by atoms with Gasteiger partial charge >= 0.3 is 0 Å². The third-order valence-electron chi connectivity index (χ3n) is 2.67. The van der Waals surface area contributed by atoms with Crippen LogP contribution < -0.4 is 16.0 Å². The van der Waals surface area contributed by atoms with E-state index in [4.69, 9.17) is 5.73 Å². The van der Waals surface area contributed by atoms with Crippen LogP contribution in [0.5, 0.6) is 0 Å². The van der Waals surface area contributed by atoms with Gasteiger partial charge in [0, 0.05) is 24.5 Å². The SMILES string of the molecule is CCCN(CCC)c1cccc(NC(=O)CN)c1. The smallest absolute Gasteiger partial charge is 0.238 e. The molecule has 3 N–H and O–H groups in total. The Morgan fingerprint density at radius 1 is 1.28 bits per heavy atom. The maximum atomic E-state index is 11.3. The molecule has 1 rings (SSSR count). The molecule has 100 valence electrons. The number of anilines is 2. The first kappa shape index (κ1) is 14.5. The number of benzene rings is 1. The number of carbonyl (C=O) groups is 1. The summed E-state index contributed by atoms with van der Waals surface area (Å²) in [4.78, 5) is 13.6. The van der Waals surface area contributed by atoms with Crippen LogP contribution >= 0.6 is 0 Å². The monoisotopic (exact) mass is 249 g/mol. The van der Waals surface area contributed by atoms with Gasteiger partial charge in [-0.25, -0.2) is 0 Å². The van der Waals surface area contributed by atoms with Gasteiger partial charge in [0.1, 0.15) is 0 Å². The lowest BCUT2D eigenvalue weighted by molar-refractivity contribution is -0.114. The van der Waals surface area contributed by atoms with E-state index in [0.29, 0.717) is 0 Å². The number of nitrogens with one attached hydrogen (secondary N) is 1. The van der Waals surface area contributed by atoms with Crippen molar-refractivity contribution in [2.45, 2.75) is 26.7 Å². The number of hydrogen-bond acceptors (Lipinski definition) is 3. The lowest BCUT2D eigenvalue weighted by atomic mass is 10.2. The largest absolute Gasteiger partial charge is 0.371 e. The Kier molecular flexibility index (Phi) is 6.22. The molecule has 4 heteroatoms. The fourth-order valence-electron chi connectivity index (χ4n) is 1.90. The number of carbonyl (C=O) groups excluding carboxylic acids is 1. The number of hydrogen-bond donors (Lipinski definition) is 2. The Bertz CT molecular complexity index is 373. The molecule has 0 saturated carbocycles. The fourth-order valence-corrected chi connectivity index (χ4v) is 1.90. The third-order valence-corrected chi connectivity index (χ3v) is 2.67. The highest BCUT2D eigenvalue weighted by atomic mass is 16.1. The highest BCUT2D eigenvalue weighted by Gasteiger charge is 2.06. The first-order valence-corrected chi connectivity index (χ1v) is 6.56. The average Bonchev–Trinajstić information content (AvgIpc) is 2.38. The van der Waals surface area contributed by atoms with Crippen molar-refractivity contribution in [1.82, 2.24) is 0 Å². The van der Waals surface area contributed by atoms with Crippen molar-refractivity contribution in [2.75, 3.05) is 29.9 Å². The summed E-state index contributed by atoms with van der Waals surface area (Å²) in [6, 6.07) is 7.91. The second-order valence-electron chi connectivity index (χ2n) is 4.29. The van der Waals surface area contributed by atoms with E-state index in [0.717, 1.165) is 37.3 Å². The van der Waals surface area contributed by atoms with Crippen LogP contribution in [0.2, 0.25) is 0 Å². The summed E-state index contributed by atoms with van der Waals surface area (Å²) in [6.07, 6.45) is 2.22. The molecule has 0 aliphatic heterocycles. The topological polar surface area (TPSA) is 58.4 Å². The van der Waals surface area contributed by atoms with Crippen molar-refractivity contribution >= 4 is 17.3 Å². The van der Waals surface area contributed by atoms with E-state index < -0.39 is 0 Å². The molecule has 0 heterocycles. The molecule has 0 bridgehead atoms. The lowest BCUT2D eigenvalue weighted by Crippen LogP contribution is -2.25. The number of rotatable bonds is 7. The highest BCUT2D eigenvalue weighted by Crippen LogP contribution is 2.20. The van der Waals surface area contributed by atoms with Crippen LogP contribution in [0.3, 0.4) is 0 Å². The van der Waals surface area contributed by atoms with Crippen molar-refractivity contribution in [2.24, 2.45) is 5.73 Å². The van der Waals surface area contributed by atoms with Gasteiger partial charge in [-0.1, -0.05) is 19.9 Å². The van der Waals surface area contributed by atoms with Crippen LogP contribution in [0.15, 0.2) is 24.3 Å². The molecule has 1 amide bonds. The Hall–Kier alpha value is -1.55. The van der Waals surface area contributed by atoms with Crippen molar-refractivity contribution in [3.63, 3.8) is 0 Å². The molecule has 0 atom stereocenters. The van der Waals surface area contributed by atoms with E-state index in [9.17, 15) is 4.79 Å². The number of amides is 1. The van der Waals surface area contributed by atoms with E-state index in [1.54, 1.807) is 0 Å². The van der Waals surface area contributed by atoms with Gasteiger partial charge in [0.25, 0.3) is 0 Å². The second-order valence-corrected chi connectivity index (χ2v) is 4.29. The molecule has 0 radical (unpaired) electrons. The molecular weight excluding hydrogens is 226 g/mol. The third kappa shape index (κ3) is 4.37. The predicted octanol–water partition coefficient (Wildman–Crippen LogP) is 2.21. The molecule has 1 aromatic rings. The standard InChI is InChI=1S/C14H23N3O/c1-3-8-17(9-4-2)13-7-5-6-12(10-13)16-14(18)11-15/h5-7,10H,3-4,8-9,11,15H2,1-2H3,(H,16,18). The minimum absolute atomic E-state index is 0.0118. The van der Waals surface area contributed by atoms with Gasteiger partial charge < -0.3 is 16.0 Å². The molecule has 0 aliphatic rings. The number of nitrogens with zero attached hydrogens (tertiary/aromatic N) is 1. The first-order chi connectivity index (χ1) is 8.71. The number of nitrogens with two attached hydrogens (primary N) is 1. The predicted molar refractivity (Wildman–Crippen MR) is 76.9 cm³/mol. The lowest BCUT2D eigenvalue weighted by Gasteiger charge is -2.24. The zero-order valence-electron chi connectivity index (χ0n) is 11.3. The molecule has 4 nitrogen and oxygen atoms in total. The second kappa shape index (κ2) is 7.71. The summed E-state index contributed by atoms with van der Waals surface area (Å²) in [5.74, 6) is -0.162. The van der Waals surface area contributed by atoms with Gasteiger partial charge in [0.05, 0.1) is 6.54 Å². The van der Waals surface area contributed by atoms with Gasteiger partial charge in [-0.15, -0.1) is 0 Å². The van der Waals surface area contributed by atoms with Crippen molar-refractivity contribution < 1.29 is 4.79 Å². The van der Waals surface area contributed by atoms with Crippen molar-refractivity contribution in [3.05, 3.63) is 24.3 Å². The Balaban J connectivity index is 2.81. The summed E-state index contributed by atoms with van der Waals surface area (Å²) in [5.41, 5.74) is 7.24. The first-order valence-electron chi connectivity index (χ1n) is 6.56. The van der Waals surface area contributed by atoms with Gasteiger partial charge in [0.2, 0.25) is 5.91 Å². The van der Waals surface area contributed by atoms with Crippen LogP contribution in [0.1, 0.15) is 26.7 Å². The summed E-state index contributed by atoms with van der Waals surface area (Å²) < 4.78 is 0. The molecule has 0 saturated heterocycles. The van der Waals surface area contributed by atoms with E-state index in [1.165, 1.54) is 0 Å². The van der Waals surface area contributed by atoms with Crippen molar-refractivity contribution in [1.29, 1.82) is 0 Å². The van der Waals surface area contributed by atoms with E-state index in [1.807, 2.05) is 18.2 Å². The molecule has 0 aromatic heterocycles. The molecule has 0 aliphatic carbocycles. The molecule has 1 aromatic carbocycles. The fraction of sp³-hybridized carbons (Fsp3) is 0.500. The van der Waals surface area contributed by atoms with Crippen LogP contribution in [0, 0.1) is 0 Å². The zero-order valence-corrected chi connectivity index (χ0v) is 11.3. The maximum absolute atomic E-state index is 11.3. The summed E-state index contributed by atoms with van der Waals surface area (Å²) >= 11 is 0. The van der Waals surface area contributed by atoms with Gasteiger partial charge in [-0.05, 0) is 31.0 Å². The summed E-state index contributed by atoms with van der Waals surface area (Å²) in [5, 5.41) is 2.78. The molecule has 0 spiro atoms. The summed E-state index contributed by atoms with van der Waals surface area (Å²) in [6.45, 7) is 6.41. The zero-order chi connectivity index (χ0) is 13.4. The summed E-state index contributed by atoms with van der Waals surface area (Å²) in [7, 11) is 0. The van der Waals surface area contributed by atoms with Crippen LogP contribution in [0.25, 0.3) is 0 Å². The van der Waals surface area contributed by atoms with Crippen LogP contribution in [-0.4, -0.2) is 25.5 Å². The van der Waals surface area contributed by atoms with E-state index in [-0.39, 0.29) is 12.5 Å². The van der Waals surface area contributed by atoms with Crippen LogP contribution in [-0.2, 0) is 4.79 Å². The molecular formula is C14H23N3O. The average molecular weight is 249 g/mol. The molecule has 0 fully saturated rings. The Morgan fingerprint density at radius 2 is 1.94 bits per heavy atom. The van der Waals surface area contributed by atoms with Crippen molar-refractivity contribution in [3.8, 4) is 0 Å². The van der Waals surface area contributed by atoms with Gasteiger partial charge in [0.15, 0.2) is 0 Å². The Labute approximate surface area is 109 Å². The van der Waals surface area contributed by atoms with E-state index in [2.05, 4.69) is 30.1 Å². The van der Waals surface area contributed by atoms with E-state index >= 15 is 0 Å². The molecule has 0 unspecified atom stereocenters. The molecule has 18 heavy (non-hydrogen) atoms. The van der Waals surface area contributed by atoms with Gasteiger partial charge in [-0.3, -0.25) is 4.79 Å². The minimum atomic E-state index is -0.162. The highest BCUT2D eigenvalue weighted by molar-refractivity contribution is 5.92. The van der Waals surface area contributed by atoms with Crippen LogP contribution in [0.4, 0.5) is 11.4 Å².